The molecular weight excluding hydrogens is 251 g/mol. The van der Waals surface area contributed by atoms with E-state index in [9.17, 15) is 19.3 Å². The summed E-state index contributed by atoms with van der Waals surface area (Å²) in [6, 6.07) is 3.81. The topological polar surface area (TPSA) is 63.5 Å². The van der Waals surface area contributed by atoms with E-state index < -0.39 is 16.4 Å². The summed E-state index contributed by atoms with van der Waals surface area (Å²) in [6.07, 6.45) is 0.886. The van der Waals surface area contributed by atoms with Gasteiger partial charge >= 0.3 is 5.69 Å². The molecule has 1 fully saturated rings. The van der Waals surface area contributed by atoms with E-state index in [0.717, 1.165) is 12.1 Å². The van der Waals surface area contributed by atoms with Gasteiger partial charge in [0.25, 0.3) is 0 Å². The Hall–Kier alpha value is -1.98. The molecule has 0 atom stereocenters. The van der Waals surface area contributed by atoms with E-state index in [-0.39, 0.29) is 5.78 Å². The van der Waals surface area contributed by atoms with Gasteiger partial charge in [-0.05, 0) is 6.07 Å². The number of hydrogen-bond donors (Lipinski definition) is 0. The molecule has 0 bridgehead atoms. The minimum Gasteiger partial charge on any atom is -0.371 e. The molecule has 0 unspecified atom stereocenters. The molecule has 1 heterocycles. The van der Waals surface area contributed by atoms with Crippen molar-refractivity contribution < 1.29 is 14.1 Å². The largest absolute Gasteiger partial charge is 0.371 e. The fraction of sp³-hybridized carbons (Fsp3) is 0.462. The highest BCUT2D eigenvalue weighted by Crippen LogP contribution is 2.25. The minimum atomic E-state index is -0.843. The number of Topliss-reactive ketones (excluding diaryl/α,β-unsaturated/α-hetero) is 1. The van der Waals surface area contributed by atoms with Gasteiger partial charge in [-0.3, -0.25) is 14.9 Å². The molecule has 6 heteroatoms. The Kier molecular flexibility index (Phi) is 5.41. The molecule has 19 heavy (non-hydrogen) atoms. The number of benzene rings is 1. The Balaban J connectivity index is 0.000000861. The summed E-state index contributed by atoms with van der Waals surface area (Å²) in [4.78, 5) is 22.6. The maximum Gasteiger partial charge on any atom is 0.304 e. The van der Waals surface area contributed by atoms with Crippen LogP contribution in [-0.2, 0) is 4.79 Å². The number of carbonyl (C=O) groups excluding carboxylic acids is 1. The Morgan fingerprint density at radius 2 is 1.84 bits per heavy atom. The highest BCUT2D eigenvalue weighted by atomic mass is 19.1. The molecule has 1 aliphatic rings. The molecule has 1 aromatic carbocycles. The zero-order chi connectivity index (χ0) is 14.4. The van der Waals surface area contributed by atoms with Crippen molar-refractivity contribution in [1.29, 1.82) is 0 Å². The van der Waals surface area contributed by atoms with Crippen molar-refractivity contribution in [2.24, 2.45) is 0 Å². The van der Waals surface area contributed by atoms with Crippen LogP contribution in [0.3, 0.4) is 0 Å². The Bertz CT molecular complexity index is 467. The number of nitro groups is 1. The molecule has 1 aliphatic heterocycles. The third-order valence-corrected chi connectivity index (χ3v) is 2.81. The lowest BCUT2D eigenvalue weighted by atomic mass is 10.1. The molecule has 0 spiro atoms. The second-order valence-electron chi connectivity index (χ2n) is 3.92. The van der Waals surface area contributed by atoms with E-state index >= 15 is 0 Å². The molecule has 0 N–H and O–H groups in total. The first-order valence-electron chi connectivity index (χ1n) is 6.28. The minimum absolute atomic E-state index is 0.198. The highest BCUT2D eigenvalue weighted by Gasteiger charge is 2.20. The van der Waals surface area contributed by atoms with Gasteiger partial charge < -0.3 is 4.90 Å². The summed E-state index contributed by atoms with van der Waals surface area (Å²) in [5.74, 6) is -0.645. The quantitative estimate of drug-likeness (QED) is 0.611. The van der Waals surface area contributed by atoms with Crippen LogP contribution in [0.5, 0.6) is 0 Å². The predicted molar refractivity (Wildman–Crippen MR) is 70.9 cm³/mol. The van der Waals surface area contributed by atoms with Gasteiger partial charge in [-0.15, -0.1) is 0 Å². The van der Waals surface area contributed by atoms with Gasteiger partial charge in [0, 0.05) is 43.8 Å². The first-order chi connectivity index (χ1) is 9.08. The number of ketones is 1. The van der Waals surface area contributed by atoms with E-state index in [1.54, 1.807) is 0 Å². The first kappa shape index (κ1) is 15.1. The van der Waals surface area contributed by atoms with Gasteiger partial charge in [0.15, 0.2) is 0 Å². The predicted octanol–water partition coefficient (Wildman–Crippen LogP) is 2.93. The first-order valence-corrected chi connectivity index (χ1v) is 6.28. The van der Waals surface area contributed by atoms with E-state index in [0.29, 0.717) is 31.6 Å². The molecule has 5 nitrogen and oxygen atoms in total. The van der Waals surface area contributed by atoms with Crippen molar-refractivity contribution in [3.8, 4) is 0 Å². The van der Waals surface area contributed by atoms with Gasteiger partial charge in [0.1, 0.15) is 5.78 Å². The van der Waals surface area contributed by atoms with Gasteiger partial charge in [-0.2, -0.15) is 4.39 Å². The zero-order valence-corrected chi connectivity index (χ0v) is 11.1. The van der Waals surface area contributed by atoms with Crippen LogP contribution in [0.1, 0.15) is 26.7 Å². The molecule has 0 aromatic heterocycles. The molecule has 2 rings (SSSR count). The molecular formula is C13H17FN2O3. The molecule has 0 amide bonds. The number of rotatable bonds is 2. The summed E-state index contributed by atoms with van der Waals surface area (Å²) in [6.45, 7) is 5.08. The van der Waals surface area contributed by atoms with E-state index in [2.05, 4.69) is 0 Å². The lowest BCUT2D eigenvalue weighted by Crippen LogP contribution is -2.33. The summed E-state index contributed by atoms with van der Waals surface area (Å²) in [5.41, 5.74) is 0.0578. The summed E-state index contributed by atoms with van der Waals surface area (Å²) in [5, 5.41) is 10.5. The van der Waals surface area contributed by atoms with Crippen LogP contribution in [0.4, 0.5) is 15.8 Å². The van der Waals surface area contributed by atoms with E-state index in [1.807, 2.05) is 18.7 Å². The maximum atomic E-state index is 13.4. The number of hydrogen-bond acceptors (Lipinski definition) is 4. The van der Waals surface area contributed by atoms with Gasteiger partial charge in [-0.1, -0.05) is 13.8 Å². The highest BCUT2D eigenvalue weighted by molar-refractivity contribution is 5.81. The van der Waals surface area contributed by atoms with Crippen LogP contribution in [0.2, 0.25) is 0 Å². The Morgan fingerprint density at radius 1 is 1.26 bits per heavy atom. The molecule has 1 saturated heterocycles. The number of nitro benzene ring substituents is 1. The van der Waals surface area contributed by atoms with Crippen LogP contribution in [0, 0.1) is 15.9 Å². The van der Waals surface area contributed by atoms with Crippen molar-refractivity contribution in [2.75, 3.05) is 18.0 Å². The maximum absolute atomic E-state index is 13.4. The molecule has 104 valence electrons. The van der Waals surface area contributed by atoms with E-state index in [1.165, 1.54) is 6.07 Å². The van der Waals surface area contributed by atoms with Crippen molar-refractivity contribution in [1.82, 2.24) is 0 Å². The van der Waals surface area contributed by atoms with Crippen molar-refractivity contribution in [3.63, 3.8) is 0 Å². The molecule has 0 saturated carbocycles. The fourth-order valence-corrected chi connectivity index (χ4v) is 1.85. The zero-order valence-electron chi connectivity index (χ0n) is 11.1. The van der Waals surface area contributed by atoms with Crippen molar-refractivity contribution in [3.05, 3.63) is 34.1 Å². The third kappa shape index (κ3) is 3.74. The van der Waals surface area contributed by atoms with Crippen molar-refractivity contribution in [2.45, 2.75) is 26.7 Å². The smallest absolute Gasteiger partial charge is 0.304 e. The van der Waals surface area contributed by atoms with Crippen LogP contribution in [0.25, 0.3) is 0 Å². The van der Waals surface area contributed by atoms with Crippen LogP contribution >= 0.6 is 0 Å². The molecule has 0 radical (unpaired) electrons. The SMILES string of the molecule is CC.O=C1CCN(c2ccc([N+](=O)[O-])c(F)c2)CC1. The standard InChI is InChI=1S/C11H11FN2O3.C2H6/c12-10-7-8(1-2-11(10)14(16)17)13-5-3-9(15)4-6-13;1-2/h1-2,7H,3-6H2;1-2H3. The average molecular weight is 268 g/mol. The summed E-state index contributed by atoms with van der Waals surface area (Å²) >= 11 is 0. The second-order valence-corrected chi connectivity index (χ2v) is 3.92. The van der Waals surface area contributed by atoms with Crippen LogP contribution in [0.15, 0.2) is 18.2 Å². The number of piperidine rings is 1. The van der Waals surface area contributed by atoms with Gasteiger partial charge in [0.05, 0.1) is 4.92 Å². The van der Waals surface area contributed by atoms with E-state index in [4.69, 9.17) is 0 Å². The molecule has 1 aromatic rings. The van der Waals surface area contributed by atoms with Gasteiger partial charge in [0.2, 0.25) is 5.82 Å². The van der Waals surface area contributed by atoms with Crippen LogP contribution < -0.4 is 4.90 Å². The normalized spacial score (nSPS) is 14.7. The number of anilines is 1. The number of carbonyl (C=O) groups is 1. The lowest BCUT2D eigenvalue weighted by Gasteiger charge is -2.27. The Morgan fingerprint density at radius 3 is 2.32 bits per heavy atom. The lowest BCUT2D eigenvalue weighted by molar-refractivity contribution is -0.387. The summed E-state index contributed by atoms with van der Waals surface area (Å²) < 4.78 is 13.4. The van der Waals surface area contributed by atoms with Crippen LogP contribution in [-0.4, -0.2) is 23.8 Å². The monoisotopic (exact) mass is 268 g/mol. The Labute approximate surface area is 111 Å². The third-order valence-electron chi connectivity index (χ3n) is 2.81. The number of halogens is 1. The average Bonchev–Trinajstić information content (AvgIpc) is 2.41. The second kappa shape index (κ2) is 6.82. The van der Waals surface area contributed by atoms with Crippen molar-refractivity contribution >= 4 is 17.2 Å². The number of nitrogens with zero attached hydrogens (tertiary/aromatic N) is 2. The molecule has 0 aliphatic carbocycles. The summed E-state index contributed by atoms with van der Waals surface area (Å²) in [7, 11) is 0. The van der Waals surface area contributed by atoms with Gasteiger partial charge in [-0.25, -0.2) is 0 Å². The fourth-order valence-electron chi connectivity index (χ4n) is 1.85.